The van der Waals surface area contributed by atoms with Crippen LogP contribution in [0, 0.1) is 11.6 Å². The van der Waals surface area contributed by atoms with Crippen LogP contribution < -0.4 is 0 Å². The first-order valence-electron chi connectivity index (χ1n) is 7.74. The van der Waals surface area contributed by atoms with E-state index in [9.17, 15) is 8.78 Å². The van der Waals surface area contributed by atoms with Gasteiger partial charge in [-0.3, -0.25) is 0 Å². The summed E-state index contributed by atoms with van der Waals surface area (Å²) >= 11 is 12.3. The summed E-state index contributed by atoms with van der Waals surface area (Å²) in [5.74, 6) is -1.54. The van der Waals surface area contributed by atoms with Gasteiger partial charge >= 0.3 is 0 Å². The minimum absolute atomic E-state index is 0.0538. The first kappa shape index (κ1) is 16.9. The maximum absolute atomic E-state index is 14.3. The van der Waals surface area contributed by atoms with Crippen LogP contribution >= 0.6 is 23.2 Å². The molecule has 0 N–H and O–H groups in total. The highest BCUT2D eigenvalue weighted by atomic mass is 35.5. The SMILES string of the molecule is Fc1ccc2c(nc(-c3cccnc3Cl)n2Cc2cccc(Cl)c2)c1F. The molecule has 0 aliphatic carbocycles. The van der Waals surface area contributed by atoms with E-state index in [2.05, 4.69) is 9.97 Å². The van der Waals surface area contributed by atoms with E-state index in [-0.39, 0.29) is 10.7 Å². The molecule has 0 spiro atoms. The van der Waals surface area contributed by atoms with Gasteiger partial charge in [0.25, 0.3) is 0 Å². The van der Waals surface area contributed by atoms with Crippen molar-refractivity contribution in [3.8, 4) is 11.4 Å². The van der Waals surface area contributed by atoms with Crippen LogP contribution in [0.2, 0.25) is 10.2 Å². The molecule has 0 atom stereocenters. The molecule has 2 aromatic heterocycles. The molecule has 0 saturated heterocycles. The van der Waals surface area contributed by atoms with E-state index < -0.39 is 11.6 Å². The molecule has 7 heteroatoms. The molecule has 0 amide bonds. The Hall–Kier alpha value is -2.50. The van der Waals surface area contributed by atoms with Crippen LogP contribution in [0.15, 0.2) is 54.7 Å². The largest absolute Gasteiger partial charge is 0.319 e. The van der Waals surface area contributed by atoms with Gasteiger partial charge in [-0.1, -0.05) is 35.3 Å². The van der Waals surface area contributed by atoms with Gasteiger partial charge in [0.1, 0.15) is 16.5 Å². The first-order valence-corrected chi connectivity index (χ1v) is 8.50. The second-order valence-corrected chi connectivity index (χ2v) is 6.52. The predicted molar refractivity (Wildman–Crippen MR) is 98.4 cm³/mol. The van der Waals surface area contributed by atoms with E-state index >= 15 is 0 Å². The van der Waals surface area contributed by atoms with E-state index in [1.54, 1.807) is 29.0 Å². The van der Waals surface area contributed by atoms with Crippen LogP contribution in [0.5, 0.6) is 0 Å². The molecule has 0 unspecified atom stereocenters. The minimum Gasteiger partial charge on any atom is -0.319 e. The monoisotopic (exact) mass is 389 g/mol. The Morgan fingerprint density at radius 2 is 1.85 bits per heavy atom. The highest BCUT2D eigenvalue weighted by Gasteiger charge is 2.20. The Labute approximate surface area is 157 Å². The lowest BCUT2D eigenvalue weighted by atomic mass is 10.2. The summed E-state index contributed by atoms with van der Waals surface area (Å²) in [5, 5.41) is 0.820. The molecule has 2 heterocycles. The number of imidazole rings is 1. The van der Waals surface area contributed by atoms with E-state index in [1.807, 2.05) is 18.2 Å². The van der Waals surface area contributed by atoms with Crippen LogP contribution in [0.1, 0.15) is 5.56 Å². The molecule has 0 radical (unpaired) electrons. The second kappa shape index (κ2) is 6.67. The van der Waals surface area contributed by atoms with Crippen molar-refractivity contribution in [3.63, 3.8) is 0 Å². The van der Waals surface area contributed by atoms with Gasteiger partial charge in [-0.05, 0) is 42.0 Å². The number of halogens is 4. The number of aromatic nitrogens is 3. The molecule has 2 aromatic carbocycles. The Balaban J connectivity index is 1.98. The van der Waals surface area contributed by atoms with Gasteiger partial charge in [0, 0.05) is 17.8 Å². The fourth-order valence-corrected chi connectivity index (χ4v) is 3.29. The van der Waals surface area contributed by atoms with Gasteiger partial charge in [0.15, 0.2) is 11.6 Å². The molecule has 3 nitrogen and oxygen atoms in total. The predicted octanol–water partition coefficient (Wildman–Crippen LogP) is 5.73. The molecule has 0 bridgehead atoms. The summed E-state index contributed by atoms with van der Waals surface area (Å²) in [7, 11) is 0. The van der Waals surface area contributed by atoms with E-state index in [1.165, 1.54) is 6.07 Å². The molecule has 26 heavy (non-hydrogen) atoms. The number of pyridine rings is 1. The van der Waals surface area contributed by atoms with Crippen molar-refractivity contribution in [2.24, 2.45) is 0 Å². The van der Waals surface area contributed by atoms with E-state index in [0.29, 0.717) is 28.5 Å². The summed E-state index contributed by atoms with van der Waals surface area (Å²) in [6.45, 7) is 0.364. The van der Waals surface area contributed by atoms with Crippen LogP contribution in [-0.4, -0.2) is 14.5 Å². The minimum atomic E-state index is -0.992. The van der Waals surface area contributed by atoms with E-state index in [4.69, 9.17) is 23.2 Å². The second-order valence-electron chi connectivity index (χ2n) is 5.72. The van der Waals surface area contributed by atoms with Crippen LogP contribution in [0.25, 0.3) is 22.4 Å². The summed E-state index contributed by atoms with van der Waals surface area (Å²) in [6, 6.07) is 13.3. The number of benzene rings is 2. The third-order valence-corrected chi connectivity index (χ3v) is 4.58. The number of rotatable bonds is 3. The number of hydrogen-bond donors (Lipinski definition) is 0. The fourth-order valence-electron chi connectivity index (χ4n) is 2.87. The van der Waals surface area contributed by atoms with Crippen molar-refractivity contribution >= 4 is 34.2 Å². The quantitative estimate of drug-likeness (QED) is 0.418. The lowest BCUT2D eigenvalue weighted by molar-refractivity contribution is 0.515. The van der Waals surface area contributed by atoms with Crippen molar-refractivity contribution in [3.05, 3.63) is 82.1 Å². The van der Waals surface area contributed by atoms with Crippen molar-refractivity contribution < 1.29 is 8.78 Å². The molecular weight excluding hydrogens is 379 g/mol. The molecule has 0 aliphatic heterocycles. The molecule has 0 fully saturated rings. The Morgan fingerprint density at radius 1 is 1.00 bits per heavy atom. The highest BCUT2D eigenvalue weighted by Crippen LogP contribution is 2.31. The van der Waals surface area contributed by atoms with Crippen LogP contribution in [0.3, 0.4) is 0 Å². The Morgan fingerprint density at radius 3 is 2.62 bits per heavy atom. The smallest absolute Gasteiger partial charge is 0.186 e. The third-order valence-electron chi connectivity index (χ3n) is 4.04. The third kappa shape index (κ3) is 2.93. The number of fused-ring (bicyclic) bond motifs is 1. The summed E-state index contributed by atoms with van der Waals surface area (Å²) in [4.78, 5) is 8.36. The van der Waals surface area contributed by atoms with Gasteiger partial charge in [0.2, 0.25) is 0 Å². The Bertz CT molecular complexity index is 1130. The van der Waals surface area contributed by atoms with Crippen LogP contribution in [-0.2, 0) is 6.54 Å². The standard InChI is InChI=1S/C19H11Cl2F2N3/c20-12-4-1-3-11(9-12)10-26-15-7-6-14(22)16(23)17(15)25-19(26)13-5-2-8-24-18(13)21/h1-9H,10H2. The molecular formula is C19H11Cl2F2N3. The molecule has 4 rings (SSSR count). The molecule has 130 valence electrons. The van der Waals surface area contributed by atoms with Crippen molar-refractivity contribution in [2.45, 2.75) is 6.54 Å². The lowest BCUT2D eigenvalue weighted by Gasteiger charge is -2.10. The normalized spacial score (nSPS) is 11.2. The summed E-state index contributed by atoms with van der Waals surface area (Å²) in [6.07, 6.45) is 1.55. The fraction of sp³-hybridized carbons (Fsp3) is 0.0526. The molecule has 0 aliphatic rings. The van der Waals surface area contributed by atoms with Gasteiger partial charge in [-0.25, -0.2) is 18.7 Å². The first-order chi connectivity index (χ1) is 12.5. The maximum atomic E-state index is 14.3. The average molecular weight is 390 g/mol. The van der Waals surface area contributed by atoms with E-state index in [0.717, 1.165) is 11.6 Å². The zero-order valence-electron chi connectivity index (χ0n) is 13.3. The zero-order chi connectivity index (χ0) is 18.3. The summed E-state index contributed by atoms with van der Waals surface area (Å²) in [5.41, 5.74) is 1.83. The summed E-state index contributed by atoms with van der Waals surface area (Å²) < 4.78 is 29.7. The topological polar surface area (TPSA) is 30.7 Å². The zero-order valence-corrected chi connectivity index (χ0v) is 14.8. The number of nitrogens with zero attached hydrogens (tertiary/aromatic N) is 3. The van der Waals surface area contributed by atoms with Gasteiger partial charge in [-0.2, -0.15) is 0 Å². The van der Waals surface area contributed by atoms with Gasteiger partial charge < -0.3 is 4.57 Å². The highest BCUT2D eigenvalue weighted by molar-refractivity contribution is 6.32. The lowest BCUT2D eigenvalue weighted by Crippen LogP contribution is -2.03. The van der Waals surface area contributed by atoms with Crippen molar-refractivity contribution in [2.75, 3.05) is 0 Å². The average Bonchev–Trinajstić information content (AvgIpc) is 2.98. The van der Waals surface area contributed by atoms with Gasteiger partial charge in [-0.15, -0.1) is 0 Å². The van der Waals surface area contributed by atoms with Crippen LogP contribution in [0.4, 0.5) is 8.78 Å². The van der Waals surface area contributed by atoms with Gasteiger partial charge in [0.05, 0.1) is 11.1 Å². The van der Waals surface area contributed by atoms with Crippen molar-refractivity contribution in [1.82, 2.24) is 14.5 Å². The van der Waals surface area contributed by atoms with Crippen molar-refractivity contribution in [1.29, 1.82) is 0 Å². The molecule has 0 saturated carbocycles. The number of hydrogen-bond acceptors (Lipinski definition) is 2. The Kier molecular flexibility index (Phi) is 4.34. The molecule has 4 aromatic rings. The maximum Gasteiger partial charge on any atom is 0.186 e.